The number of benzene rings is 2. The van der Waals surface area contributed by atoms with Crippen LogP contribution in [0, 0.1) is 0 Å². The molecular weight excluding hydrogens is 306 g/mol. The van der Waals surface area contributed by atoms with E-state index >= 15 is 0 Å². The summed E-state index contributed by atoms with van der Waals surface area (Å²) in [5.41, 5.74) is 5.09. The Bertz CT molecular complexity index is 1020. The Balaban J connectivity index is 1.73. The van der Waals surface area contributed by atoms with E-state index in [2.05, 4.69) is 48.1 Å². The van der Waals surface area contributed by atoms with Crippen molar-refractivity contribution in [1.82, 2.24) is 15.0 Å². The number of aromatic nitrogens is 3. The van der Waals surface area contributed by atoms with E-state index < -0.39 is 0 Å². The number of rotatable bonds is 3. The Morgan fingerprint density at radius 2 is 1.48 bits per heavy atom. The predicted octanol–water partition coefficient (Wildman–Crippen LogP) is 5.48. The van der Waals surface area contributed by atoms with E-state index in [4.69, 9.17) is 4.98 Å². The van der Waals surface area contributed by atoms with Crippen molar-refractivity contribution in [3.63, 3.8) is 0 Å². The van der Waals surface area contributed by atoms with Crippen LogP contribution < -0.4 is 0 Å². The molecule has 0 saturated carbocycles. The van der Waals surface area contributed by atoms with E-state index in [0.29, 0.717) is 11.7 Å². The summed E-state index contributed by atoms with van der Waals surface area (Å²) in [5.74, 6) is 1.18. The van der Waals surface area contributed by atoms with Gasteiger partial charge in [-0.25, -0.2) is 15.0 Å². The molecule has 0 bridgehead atoms. The molecule has 0 amide bonds. The van der Waals surface area contributed by atoms with Gasteiger partial charge in [0.2, 0.25) is 0 Å². The van der Waals surface area contributed by atoms with Gasteiger partial charge in [-0.1, -0.05) is 62.4 Å². The molecule has 0 aliphatic carbocycles. The fourth-order valence-electron chi connectivity index (χ4n) is 2.85. The molecule has 0 radical (unpaired) electrons. The molecule has 122 valence electrons. The fraction of sp³-hybridized carbons (Fsp3) is 0.136. The van der Waals surface area contributed by atoms with Gasteiger partial charge in [-0.3, -0.25) is 0 Å². The molecule has 3 heteroatoms. The van der Waals surface area contributed by atoms with Crippen LogP contribution in [-0.2, 0) is 0 Å². The third-order valence-electron chi connectivity index (χ3n) is 4.34. The molecule has 2 heterocycles. The summed E-state index contributed by atoms with van der Waals surface area (Å²) in [7, 11) is 0. The molecule has 0 fully saturated rings. The zero-order valence-corrected chi connectivity index (χ0v) is 14.3. The largest absolute Gasteiger partial charge is 0.244 e. The fourth-order valence-corrected chi connectivity index (χ4v) is 2.85. The predicted molar refractivity (Wildman–Crippen MR) is 102 cm³/mol. The van der Waals surface area contributed by atoms with E-state index in [1.807, 2.05) is 48.7 Å². The van der Waals surface area contributed by atoms with Gasteiger partial charge in [0.05, 0.1) is 11.2 Å². The summed E-state index contributed by atoms with van der Waals surface area (Å²) >= 11 is 0. The van der Waals surface area contributed by atoms with Gasteiger partial charge in [-0.15, -0.1) is 0 Å². The van der Waals surface area contributed by atoms with Gasteiger partial charge in [-0.05, 0) is 29.7 Å². The van der Waals surface area contributed by atoms with E-state index in [1.54, 1.807) is 0 Å². The van der Waals surface area contributed by atoms with E-state index in [1.165, 1.54) is 5.56 Å². The Labute approximate surface area is 147 Å². The van der Waals surface area contributed by atoms with E-state index in [9.17, 15) is 0 Å². The van der Waals surface area contributed by atoms with Gasteiger partial charge in [-0.2, -0.15) is 0 Å². The number of hydrogen-bond acceptors (Lipinski definition) is 3. The zero-order chi connectivity index (χ0) is 17.2. The van der Waals surface area contributed by atoms with Gasteiger partial charge >= 0.3 is 0 Å². The van der Waals surface area contributed by atoms with Gasteiger partial charge in [0.25, 0.3) is 0 Å². The number of fused-ring (bicyclic) bond motifs is 1. The lowest BCUT2D eigenvalue weighted by atomic mass is 10.0. The molecule has 0 aliphatic rings. The molecule has 2 aromatic heterocycles. The van der Waals surface area contributed by atoms with E-state index in [-0.39, 0.29) is 0 Å². The Morgan fingerprint density at radius 1 is 0.720 bits per heavy atom. The maximum absolute atomic E-state index is 4.77. The molecule has 0 atom stereocenters. The highest BCUT2D eigenvalue weighted by molar-refractivity contribution is 5.79. The molecule has 0 saturated heterocycles. The minimum absolute atomic E-state index is 0.527. The van der Waals surface area contributed by atoms with Crippen LogP contribution in [0.5, 0.6) is 0 Å². The minimum atomic E-state index is 0.527. The third kappa shape index (κ3) is 3.13. The third-order valence-corrected chi connectivity index (χ3v) is 4.34. The molecule has 2 aromatic carbocycles. The lowest BCUT2D eigenvalue weighted by Crippen LogP contribution is -1.94. The lowest BCUT2D eigenvalue weighted by Gasteiger charge is -2.08. The normalized spacial score (nSPS) is 11.2. The van der Waals surface area contributed by atoms with Crippen LogP contribution in [-0.4, -0.2) is 15.0 Å². The van der Waals surface area contributed by atoms with Crippen molar-refractivity contribution in [3.8, 4) is 22.8 Å². The highest BCUT2D eigenvalue weighted by atomic mass is 14.9. The first-order chi connectivity index (χ1) is 12.2. The van der Waals surface area contributed by atoms with Crippen LogP contribution in [0.4, 0.5) is 0 Å². The first-order valence-corrected chi connectivity index (χ1v) is 8.50. The molecule has 0 unspecified atom stereocenters. The summed E-state index contributed by atoms with van der Waals surface area (Å²) < 4.78 is 0. The lowest BCUT2D eigenvalue weighted by molar-refractivity contribution is 0.867. The van der Waals surface area contributed by atoms with Crippen LogP contribution >= 0.6 is 0 Å². The van der Waals surface area contributed by atoms with Crippen molar-refractivity contribution in [2.24, 2.45) is 0 Å². The van der Waals surface area contributed by atoms with Crippen LogP contribution in [0.15, 0.2) is 72.9 Å². The Kier molecular flexibility index (Phi) is 3.98. The maximum atomic E-state index is 4.77. The Hall–Kier alpha value is -3.07. The average Bonchev–Trinajstić information content (AvgIpc) is 2.68. The van der Waals surface area contributed by atoms with Crippen molar-refractivity contribution in [2.75, 3.05) is 0 Å². The average molecular weight is 325 g/mol. The summed E-state index contributed by atoms with van der Waals surface area (Å²) in [6.07, 6.45) is 1.85. The van der Waals surface area contributed by atoms with Crippen molar-refractivity contribution in [2.45, 2.75) is 19.8 Å². The first-order valence-electron chi connectivity index (χ1n) is 8.50. The molecule has 25 heavy (non-hydrogen) atoms. The molecule has 4 rings (SSSR count). The summed E-state index contributed by atoms with van der Waals surface area (Å²) in [6, 6.07) is 22.6. The molecule has 0 spiro atoms. The molecule has 0 aliphatic heterocycles. The molecule has 0 N–H and O–H groups in total. The van der Waals surface area contributed by atoms with Crippen LogP contribution in [0.2, 0.25) is 0 Å². The number of pyridine rings is 1. The van der Waals surface area contributed by atoms with Crippen molar-refractivity contribution in [3.05, 3.63) is 78.5 Å². The number of para-hydroxylation sites is 1. The van der Waals surface area contributed by atoms with Gasteiger partial charge < -0.3 is 0 Å². The zero-order valence-electron chi connectivity index (χ0n) is 14.3. The highest BCUT2D eigenvalue weighted by Crippen LogP contribution is 2.24. The van der Waals surface area contributed by atoms with Crippen LogP contribution in [0.3, 0.4) is 0 Å². The second-order valence-electron chi connectivity index (χ2n) is 6.44. The molecule has 4 aromatic rings. The van der Waals surface area contributed by atoms with Crippen molar-refractivity contribution >= 4 is 10.9 Å². The maximum Gasteiger partial charge on any atom is 0.178 e. The SMILES string of the molecule is CC(C)c1ccc(-c2cccc(-c3ncc4ccccc4n3)n2)cc1. The van der Waals surface area contributed by atoms with Crippen LogP contribution in [0.1, 0.15) is 25.3 Å². The summed E-state index contributed by atoms with van der Waals surface area (Å²) in [5, 5.41) is 1.03. The topological polar surface area (TPSA) is 38.7 Å². The van der Waals surface area contributed by atoms with E-state index in [0.717, 1.165) is 27.9 Å². The Morgan fingerprint density at radius 3 is 2.28 bits per heavy atom. The summed E-state index contributed by atoms with van der Waals surface area (Å²) in [6.45, 7) is 4.40. The second-order valence-corrected chi connectivity index (χ2v) is 6.44. The number of nitrogens with zero attached hydrogens (tertiary/aromatic N) is 3. The molecule has 3 nitrogen and oxygen atoms in total. The smallest absolute Gasteiger partial charge is 0.178 e. The van der Waals surface area contributed by atoms with Crippen LogP contribution in [0.25, 0.3) is 33.7 Å². The summed E-state index contributed by atoms with van der Waals surface area (Å²) in [4.78, 5) is 13.9. The number of hydrogen-bond donors (Lipinski definition) is 0. The van der Waals surface area contributed by atoms with Crippen molar-refractivity contribution in [1.29, 1.82) is 0 Å². The van der Waals surface area contributed by atoms with Gasteiger partial charge in [0.1, 0.15) is 5.69 Å². The minimum Gasteiger partial charge on any atom is -0.244 e. The monoisotopic (exact) mass is 325 g/mol. The van der Waals surface area contributed by atoms with Crippen molar-refractivity contribution < 1.29 is 0 Å². The molecular formula is C22H19N3. The first kappa shape index (κ1) is 15.5. The quantitative estimate of drug-likeness (QED) is 0.500. The van der Waals surface area contributed by atoms with Gasteiger partial charge in [0, 0.05) is 17.1 Å². The second kappa shape index (κ2) is 6.44. The standard InChI is InChI=1S/C22H19N3/c1-15(2)16-10-12-17(13-11-16)19-8-5-9-21(24-19)22-23-14-18-6-3-4-7-20(18)25-22/h3-15H,1-2H3. The van der Waals surface area contributed by atoms with Gasteiger partial charge in [0.15, 0.2) is 5.82 Å². The highest BCUT2D eigenvalue weighted by Gasteiger charge is 2.07.